The molecular formula is C10H12N2O2. The van der Waals surface area contributed by atoms with Gasteiger partial charge in [-0.05, 0) is 19.9 Å². The van der Waals surface area contributed by atoms with E-state index in [0.29, 0.717) is 30.0 Å². The Hall–Kier alpha value is -1.76. The lowest BCUT2D eigenvalue weighted by Gasteiger charge is -1.99. The molecule has 74 valence electrons. The molecule has 1 heterocycles. The second-order valence-electron chi connectivity index (χ2n) is 2.99. The lowest BCUT2D eigenvalue weighted by molar-refractivity contribution is 0.0953. The molecule has 0 atom stereocenters. The number of furan rings is 1. The van der Waals surface area contributed by atoms with Gasteiger partial charge in [-0.3, -0.25) is 4.79 Å². The third kappa shape index (κ3) is 2.36. The maximum Gasteiger partial charge on any atom is 0.254 e. The van der Waals surface area contributed by atoms with Crippen LogP contribution >= 0.6 is 0 Å². The van der Waals surface area contributed by atoms with Crippen LogP contribution in [0.5, 0.6) is 0 Å². The van der Waals surface area contributed by atoms with E-state index in [4.69, 9.17) is 9.68 Å². The topological polar surface area (TPSA) is 66.0 Å². The number of amides is 1. The van der Waals surface area contributed by atoms with E-state index in [1.807, 2.05) is 6.07 Å². The predicted octanol–water partition coefficient (Wildman–Crippen LogP) is 1.54. The van der Waals surface area contributed by atoms with E-state index < -0.39 is 0 Å². The van der Waals surface area contributed by atoms with Crippen LogP contribution in [0, 0.1) is 25.2 Å². The molecule has 0 spiro atoms. The summed E-state index contributed by atoms with van der Waals surface area (Å²) >= 11 is 0. The molecule has 4 heteroatoms. The normalized spacial score (nSPS) is 9.50. The molecule has 0 aliphatic rings. The van der Waals surface area contributed by atoms with Crippen LogP contribution in [0.3, 0.4) is 0 Å². The molecule has 0 radical (unpaired) electrons. The lowest BCUT2D eigenvalue weighted by atomic mass is 10.2. The zero-order chi connectivity index (χ0) is 10.6. The van der Waals surface area contributed by atoms with Crippen LogP contribution in [-0.4, -0.2) is 12.5 Å². The minimum Gasteiger partial charge on any atom is -0.466 e. The highest BCUT2D eigenvalue weighted by atomic mass is 16.3. The average Bonchev–Trinajstić information content (AvgIpc) is 2.45. The van der Waals surface area contributed by atoms with Crippen LogP contribution < -0.4 is 5.32 Å². The number of nitrogens with one attached hydrogen (secondary N) is 1. The highest BCUT2D eigenvalue weighted by molar-refractivity contribution is 5.95. The van der Waals surface area contributed by atoms with E-state index in [1.165, 1.54) is 0 Å². The van der Waals surface area contributed by atoms with Crippen LogP contribution in [-0.2, 0) is 0 Å². The zero-order valence-corrected chi connectivity index (χ0v) is 8.26. The number of hydrogen-bond donors (Lipinski definition) is 1. The number of carbonyl (C=O) groups is 1. The van der Waals surface area contributed by atoms with Gasteiger partial charge in [0.25, 0.3) is 5.91 Å². The first-order valence-corrected chi connectivity index (χ1v) is 4.37. The quantitative estimate of drug-likeness (QED) is 0.738. The monoisotopic (exact) mass is 192 g/mol. The van der Waals surface area contributed by atoms with Gasteiger partial charge in [0.1, 0.15) is 11.5 Å². The smallest absolute Gasteiger partial charge is 0.254 e. The summed E-state index contributed by atoms with van der Waals surface area (Å²) in [6, 6.07) is 3.65. The molecule has 0 fully saturated rings. The molecule has 0 aliphatic heterocycles. The maximum absolute atomic E-state index is 11.5. The van der Waals surface area contributed by atoms with Gasteiger partial charge in [0.05, 0.1) is 18.1 Å². The fourth-order valence-electron chi connectivity index (χ4n) is 1.18. The van der Waals surface area contributed by atoms with Gasteiger partial charge in [-0.15, -0.1) is 0 Å². The molecule has 0 bridgehead atoms. The Balaban J connectivity index is 2.61. The molecule has 0 unspecified atom stereocenters. The van der Waals surface area contributed by atoms with Crippen molar-refractivity contribution in [2.75, 3.05) is 6.54 Å². The third-order valence-electron chi connectivity index (χ3n) is 1.81. The molecular weight excluding hydrogens is 180 g/mol. The lowest BCUT2D eigenvalue weighted by Crippen LogP contribution is -2.24. The number of rotatable bonds is 3. The fraction of sp³-hybridized carbons (Fsp3) is 0.400. The van der Waals surface area contributed by atoms with Crippen molar-refractivity contribution in [3.05, 3.63) is 23.2 Å². The second-order valence-corrected chi connectivity index (χ2v) is 2.99. The summed E-state index contributed by atoms with van der Waals surface area (Å²) in [5.41, 5.74) is 0.542. The number of nitrogens with zero attached hydrogens (tertiary/aromatic N) is 1. The van der Waals surface area contributed by atoms with Gasteiger partial charge in [0, 0.05) is 6.54 Å². The van der Waals surface area contributed by atoms with Gasteiger partial charge in [-0.25, -0.2) is 0 Å². The molecule has 1 N–H and O–H groups in total. The van der Waals surface area contributed by atoms with Gasteiger partial charge < -0.3 is 9.73 Å². The summed E-state index contributed by atoms with van der Waals surface area (Å²) in [5.74, 6) is 1.14. The molecule has 1 aromatic heterocycles. The van der Waals surface area contributed by atoms with Crippen LogP contribution in [0.15, 0.2) is 10.5 Å². The second kappa shape index (κ2) is 4.47. The number of carbonyl (C=O) groups excluding carboxylic acids is 1. The molecule has 0 aromatic carbocycles. The first-order valence-electron chi connectivity index (χ1n) is 4.37. The number of aryl methyl sites for hydroxylation is 2. The molecule has 1 rings (SSSR count). The summed E-state index contributed by atoms with van der Waals surface area (Å²) in [5, 5.41) is 10.9. The van der Waals surface area contributed by atoms with Crippen LogP contribution in [0.1, 0.15) is 28.3 Å². The Morgan fingerprint density at radius 2 is 2.36 bits per heavy atom. The SMILES string of the molecule is Cc1cc(C(=O)NCCC#N)c(C)o1. The van der Waals surface area contributed by atoms with E-state index in [-0.39, 0.29) is 5.91 Å². The molecule has 1 aromatic rings. The Kier molecular flexibility index (Phi) is 3.29. The molecule has 1 amide bonds. The Morgan fingerprint density at radius 1 is 1.64 bits per heavy atom. The molecule has 0 saturated carbocycles. The van der Waals surface area contributed by atoms with E-state index in [1.54, 1.807) is 19.9 Å². The predicted molar refractivity (Wildman–Crippen MR) is 50.7 cm³/mol. The van der Waals surface area contributed by atoms with Crippen molar-refractivity contribution in [2.24, 2.45) is 0 Å². The van der Waals surface area contributed by atoms with Gasteiger partial charge >= 0.3 is 0 Å². The van der Waals surface area contributed by atoms with Crippen molar-refractivity contribution in [2.45, 2.75) is 20.3 Å². The summed E-state index contributed by atoms with van der Waals surface area (Å²) in [7, 11) is 0. The van der Waals surface area contributed by atoms with E-state index in [9.17, 15) is 4.79 Å². The van der Waals surface area contributed by atoms with Crippen molar-refractivity contribution in [3.8, 4) is 6.07 Å². The average molecular weight is 192 g/mol. The largest absolute Gasteiger partial charge is 0.466 e. The van der Waals surface area contributed by atoms with Gasteiger partial charge in [-0.1, -0.05) is 0 Å². The summed E-state index contributed by atoms with van der Waals surface area (Å²) in [6.45, 7) is 3.91. The Bertz CT molecular complexity index is 374. The van der Waals surface area contributed by atoms with Crippen molar-refractivity contribution in [3.63, 3.8) is 0 Å². The van der Waals surface area contributed by atoms with Gasteiger partial charge in [0.2, 0.25) is 0 Å². The highest BCUT2D eigenvalue weighted by Gasteiger charge is 2.12. The standard InChI is InChI=1S/C10H12N2O2/c1-7-6-9(8(2)14-7)10(13)12-5-3-4-11/h6H,3,5H2,1-2H3,(H,12,13). The summed E-state index contributed by atoms with van der Waals surface area (Å²) in [4.78, 5) is 11.5. The molecule has 0 saturated heterocycles. The molecule has 0 aliphatic carbocycles. The maximum atomic E-state index is 11.5. The third-order valence-corrected chi connectivity index (χ3v) is 1.81. The van der Waals surface area contributed by atoms with Crippen molar-refractivity contribution < 1.29 is 9.21 Å². The minimum atomic E-state index is -0.186. The first-order chi connectivity index (χ1) is 6.65. The summed E-state index contributed by atoms with van der Waals surface area (Å²) < 4.78 is 5.22. The number of hydrogen-bond acceptors (Lipinski definition) is 3. The first kappa shape index (κ1) is 10.3. The molecule has 14 heavy (non-hydrogen) atoms. The van der Waals surface area contributed by atoms with Crippen LogP contribution in [0.4, 0.5) is 0 Å². The Labute approximate surface area is 82.5 Å². The van der Waals surface area contributed by atoms with E-state index in [2.05, 4.69) is 5.32 Å². The minimum absolute atomic E-state index is 0.186. The highest BCUT2D eigenvalue weighted by Crippen LogP contribution is 2.12. The zero-order valence-electron chi connectivity index (χ0n) is 8.26. The van der Waals surface area contributed by atoms with Gasteiger partial charge in [0.15, 0.2) is 0 Å². The van der Waals surface area contributed by atoms with Crippen LogP contribution in [0.2, 0.25) is 0 Å². The van der Waals surface area contributed by atoms with Crippen molar-refractivity contribution in [1.29, 1.82) is 5.26 Å². The fourth-order valence-corrected chi connectivity index (χ4v) is 1.18. The molecule has 4 nitrogen and oxygen atoms in total. The van der Waals surface area contributed by atoms with Gasteiger partial charge in [-0.2, -0.15) is 5.26 Å². The Morgan fingerprint density at radius 3 is 2.86 bits per heavy atom. The van der Waals surface area contributed by atoms with Crippen LogP contribution in [0.25, 0.3) is 0 Å². The van der Waals surface area contributed by atoms with E-state index in [0.717, 1.165) is 0 Å². The van der Waals surface area contributed by atoms with E-state index >= 15 is 0 Å². The van der Waals surface area contributed by atoms with Crippen molar-refractivity contribution >= 4 is 5.91 Å². The summed E-state index contributed by atoms with van der Waals surface area (Å²) in [6.07, 6.45) is 0.321. The van der Waals surface area contributed by atoms with Crippen molar-refractivity contribution in [1.82, 2.24) is 5.32 Å². The number of nitriles is 1.